The van der Waals surface area contributed by atoms with Crippen molar-refractivity contribution >= 4 is 5.96 Å². The summed E-state index contributed by atoms with van der Waals surface area (Å²) in [4.78, 5) is 6.67. The van der Waals surface area contributed by atoms with E-state index in [4.69, 9.17) is 0 Å². The van der Waals surface area contributed by atoms with Gasteiger partial charge in [0.05, 0.1) is 6.54 Å². The van der Waals surface area contributed by atoms with E-state index in [1.54, 1.807) is 0 Å². The zero-order chi connectivity index (χ0) is 15.2. The second kappa shape index (κ2) is 7.12. The minimum atomic E-state index is 0.419. The molecule has 1 heterocycles. The van der Waals surface area contributed by atoms with Crippen molar-refractivity contribution in [3.63, 3.8) is 0 Å². The minimum Gasteiger partial charge on any atom is -0.356 e. The van der Waals surface area contributed by atoms with E-state index < -0.39 is 0 Å². The highest BCUT2D eigenvalue weighted by atomic mass is 15.3. The molecule has 1 aliphatic rings. The lowest BCUT2D eigenvalue weighted by molar-refractivity contribution is 0.530. The van der Waals surface area contributed by atoms with Gasteiger partial charge in [0.25, 0.3) is 0 Å². The van der Waals surface area contributed by atoms with E-state index in [1.807, 2.05) is 0 Å². The molecule has 0 amide bonds. The number of hydrogen-bond donors (Lipinski definition) is 1. The first-order chi connectivity index (χ1) is 10.8. The Hall–Kier alpha value is -2.29. The highest BCUT2D eigenvalue weighted by Gasteiger charge is 2.15. The van der Waals surface area contributed by atoms with Crippen molar-refractivity contribution in [1.29, 1.82) is 0 Å². The number of nitrogens with one attached hydrogen (secondary N) is 1. The van der Waals surface area contributed by atoms with Crippen molar-refractivity contribution in [3.05, 3.63) is 71.8 Å². The fourth-order valence-corrected chi connectivity index (χ4v) is 2.95. The number of likely N-dealkylation sites (N-methyl/N-ethyl adjacent to an activating group) is 1. The van der Waals surface area contributed by atoms with Crippen molar-refractivity contribution in [3.8, 4) is 0 Å². The fraction of sp³-hybridized carbons (Fsp3) is 0.316. The number of benzene rings is 2. The number of rotatable bonds is 5. The van der Waals surface area contributed by atoms with Crippen molar-refractivity contribution in [1.82, 2.24) is 10.2 Å². The summed E-state index contributed by atoms with van der Waals surface area (Å²) in [6.45, 7) is 2.85. The molecule has 0 saturated heterocycles. The minimum absolute atomic E-state index is 0.419. The van der Waals surface area contributed by atoms with Gasteiger partial charge in [-0.15, -0.1) is 0 Å². The molecule has 3 nitrogen and oxygen atoms in total. The van der Waals surface area contributed by atoms with Crippen LogP contribution in [0.25, 0.3) is 0 Å². The van der Waals surface area contributed by atoms with Crippen LogP contribution in [0.5, 0.6) is 0 Å². The van der Waals surface area contributed by atoms with Gasteiger partial charge in [-0.05, 0) is 17.5 Å². The Morgan fingerprint density at radius 2 is 1.59 bits per heavy atom. The summed E-state index contributed by atoms with van der Waals surface area (Å²) in [5.74, 6) is 1.45. The van der Waals surface area contributed by atoms with Gasteiger partial charge >= 0.3 is 0 Å². The lowest BCUT2D eigenvalue weighted by atomic mass is 9.88. The molecule has 0 radical (unpaired) electrons. The van der Waals surface area contributed by atoms with Gasteiger partial charge in [0.1, 0.15) is 0 Å². The average Bonchev–Trinajstić information content (AvgIpc) is 2.98. The predicted molar refractivity (Wildman–Crippen MR) is 92.3 cm³/mol. The smallest absolute Gasteiger partial charge is 0.193 e. The van der Waals surface area contributed by atoms with E-state index in [-0.39, 0.29) is 0 Å². The van der Waals surface area contributed by atoms with Crippen molar-refractivity contribution in [2.24, 2.45) is 4.99 Å². The number of nitrogens with zero attached hydrogens (tertiary/aromatic N) is 2. The summed E-state index contributed by atoms with van der Waals surface area (Å²) in [6, 6.07) is 21.5. The summed E-state index contributed by atoms with van der Waals surface area (Å²) < 4.78 is 0. The van der Waals surface area contributed by atoms with Crippen LogP contribution in [0.1, 0.15) is 23.5 Å². The molecule has 2 aromatic carbocycles. The molecule has 0 saturated carbocycles. The molecule has 22 heavy (non-hydrogen) atoms. The van der Waals surface area contributed by atoms with Gasteiger partial charge in [0, 0.05) is 26.1 Å². The predicted octanol–water partition coefficient (Wildman–Crippen LogP) is 3.10. The van der Waals surface area contributed by atoms with Crippen LogP contribution in [-0.2, 0) is 0 Å². The third-order valence-electron chi connectivity index (χ3n) is 4.18. The highest BCUT2D eigenvalue weighted by Crippen LogP contribution is 2.27. The summed E-state index contributed by atoms with van der Waals surface area (Å²) in [5.41, 5.74) is 2.74. The normalized spacial score (nSPS) is 14.3. The standard InChI is InChI=1S/C19H23N3/c1-22-15-14-21-19(22)20-13-12-18(16-8-4-2-5-9-16)17-10-6-3-7-11-17/h2-11,18H,12-15H2,1H3,(H,20,21). The van der Waals surface area contributed by atoms with Gasteiger partial charge in [0.15, 0.2) is 5.96 Å². The van der Waals surface area contributed by atoms with E-state index >= 15 is 0 Å². The lowest BCUT2D eigenvalue weighted by Gasteiger charge is -2.20. The second-order valence-corrected chi connectivity index (χ2v) is 5.72. The van der Waals surface area contributed by atoms with E-state index in [9.17, 15) is 0 Å². The zero-order valence-electron chi connectivity index (χ0n) is 13.1. The molecule has 1 aliphatic heterocycles. The van der Waals surface area contributed by atoms with Crippen molar-refractivity contribution < 1.29 is 0 Å². The maximum atomic E-state index is 4.49. The van der Waals surface area contributed by atoms with E-state index in [0.29, 0.717) is 5.92 Å². The van der Waals surface area contributed by atoms with E-state index in [0.717, 1.165) is 32.0 Å². The highest BCUT2D eigenvalue weighted by molar-refractivity contribution is 5.81. The molecule has 0 spiro atoms. The Morgan fingerprint density at radius 1 is 1.00 bits per heavy atom. The van der Waals surface area contributed by atoms with Gasteiger partial charge in [-0.1, -0.05) is 60.7 Å². The van der Waals surface area contributed by atoms with Gasteiger partial charge in [0.2, 0.25) is 0 Å². The number of aliphatic imine (C=N–C) groups is 1. The molecule has 3 heteroatoms. The third kappa shape index (κ3) is 3.48. The van der Waals surface area contributed by atoms with Crippen LogP contribution >= 0.6 is 0 Å². The van der Waals surface area contributed by atoms with Crippen molar-refractivity contribution in [2.75, 3.05) is 26.7 Å². The van der Waals surface area contributed by atoms with E-state index in [2.05, 4.69) is 82.9 Å². The molecule has 0 aromatic heterocycles. The number of hydrogen-bond acceptors (Lipinski definition) is 3. The first-order valence-electron chi connectivity index (χ1n) is 7.94. The summed E-state index contributed by atoms with van der Waals surface area (Å²) in [6.07, 6.45) is 1.06. The maximum absolute atomic E-state index is 4.49. The van der Waals surface area contributed by atoms with Crippen LogP contribution in [0.15, 0.2) is 65.7 Å². The largest absolute Gasteiger partial charge is 0.356 e. The molecule has 0 bridgehead atoms. The van der Waals surface area contributed by atoms with Gasteiger partial charge in [-0.25, -0.2) is 0 Å². The maximum Gasteiger partial charge on any atom is 0.193 e. The Kier molecular flexibility index (Phi) is 4.74. The third-order valence-corrected chi connectivity index (χ3v) is 4.18. The molecular weight excluding hydrogens is 270 g/mol. The van der Waals surface area contributed by atoms with Crippen LogP contribution in [0.2, 0.25) is 0 Å². The Bertz CT molecular complexity index is 568. The average molecular weight is 293 g/mol. The lowest BCUT2D eigenvalue weighted by Crippen LogP contribution is -2.36. The van der Waals surface area contributed by atoms with Crippen LogP contribution in [-0.4, -0.2) is 37.5 Å². The topological polar surface area (TPSA) is 27.6 Å². The van der Waals surface area contributed by atoms with Crippen LogP contribution in [0, 0.1) is 0 Å². The molecule has 1 N–H and O–H groups in total. The first kappa shape index (κ1) is 14.6. The number of guanidine groups is 1. The molecule has 0 unspecified atom stereocenters. The monoisotopic (exact) mass is 293 g/mol. The molecule has 0 aliphatic carbocycles. The first-order valence-corrected chi connectivity index (χ1v) is 7.94. The fourth-order valence-electron chi connectivity index (χ4n) is 2.95. The van der Waals surface area contributed by atoms with Crippen LogP contribution in [0.3, 0.4) is 0 Å². The summed E-state index contributed by atoms with van der Waals surface area (Å²) >= 11 is 0. The molecule has 0 atom stereocenters. The SMILES string of the molecule is CN1CCN=C1NCCC(c1ccccc1)c1ccccc1. The van der Waals surface area contributed by atoms with Gasteiger partial charge < -0.3 is 10.2 Å². The van der Waals surface area contributed by atoms with Gasteiger partial charge in [-0.2, -0.15) is 0 Å². The summed E-state index contributed by atoms with van der Waals surface area (Å²) in [7, 11) is 2.09. The quantitative estimate of drug-likeness (QED) is 0.917. The van der Waals surface area contributed by atoms with E-state index in [1.165, 1.54) is 11.1 Å². The molecular formula is C19H23N3. The summed E-state index contributed by atoms with van der Waals surface area (Å²) in [5, 5.41) is 3.48. The molecule has 3 rings (SSSR count). The second-order valence-electron chi connectivity index (χ2n) is 5.72. The Morgan fingerprint density at radius 3 is 2.09 bits per heavy atom. The van der Waals surface area contributed by atoms with Crippen molar-refractivity contribution in [2.45, 2.75) is 12.3 Å². The van der Waals surface area contributed by atoms with Gasteiger partial charge in [-0.3, -0.25) is 4.99 Å². The molecule has 2 aromatic rings. The molecule has 0 fully saturated rings. The Labute approximate surface area is 132 Å². The Balaban J connectivity index is 1.70. The zero-order valence-corrected chi connectivity index (χ0v) is 13.1. The molecule has 114 valence electrons. The van der Waals surface area contributed by atoms with Crippen LogP contribution < -0.4 is 5.32 Å². The van der Waals surface area contributed by atoms with Crippen LogP contribution in [0.4, 0.5) is 0 Å².